The maximum Gasteiger partial charge on any atom is 0.269 e. The van der Waals surface area contributed by atoms with Gasteiger partial charge in [0.2, 0.25) is 0 Å². The molecule has 0 aliphatic heterocycles. The Morgan fingerprint density at radius 1 is 0.885 bits per heavy atom. The van der Waals surface area contributed by atoms with Crippen LogP contribution in [0.5, 0.6) is 0 Å². The summed E-state index contributed by atoms with van der Waals surface area (Å²) in [5.74, 6) is 0. The van der Waals surface area contributed by atoms with Crippen LogP contribution in [0.25, 0.3) is 5.57 Å². The molecule has 128 valence electrons. The molecule has 0 heterocycles. The van der Waals surface area contributed by atoms with Crippen molar-refractivity contribution in [3.63, 3.8) is 0 Å². The Bertz CT molecular complexity index is 918. The Morgan fingerprint density at radius 3 is 2.12 bits per heavy atom. The summed E-state index contributed by atoms with van der Waals surface area (Å²) in [5, 5.41) is 14.1. The van der Waals surface area contributed by atoms with Gasteiger partial charge in [0.15, 0.2) is 0 Å². The van der Waals surface area contributed by atoms with Crippen molar-refractivity contribution >= 4 is 28.8 Å². The topological polar surface area (TPSA) is 67.5 Å². The molecule has 3 aromatic rings. The first-order valence-corrected chi connectivity index (χ1v) is 8.08. The first kappa shape index (κ1) is 17.1. The number of aliphatic imine (C=N–C) groups is 1. The van der Waals surface area contributed by atoms with E-state index >= 15 is 0 Å². The van der Waals surface area contributed by atoms with Gasteiger partial charge in [-0.05, 0) is 42.0 Å². The lowest BCUT2D eigenvalue weighted by Gasteiger charge is -2.05. The van der Waals surface area contributed by atoms with Gasteiger partial charge in [-0.1, -0.05) is 36.4 Å². The number of non-ortho nitro benzene ring substituents is 1. The molecule has 3 aromatic carbocycles. The minimum Gasteiger partial charge on any atom is -0.361 e. The lowest BCUT2D eigenvalue weighted by molar-refractivity contribution is -0.384. The predicted octanol–water partition coefficient (Wildman–Crippen LogP) is 5.45. The van der Waals surface area contributed by atoms with E-state index in [9.17, 15) is 10.1 Å². The van der Waals surface area contributed by atoms with E-state index in [1.165, 1.54) is 12.1 Å². The molecule has 5 heteroatoms. The second-order valence-electron chi connectivity index (χ2n) is 5.51. The average Bonchev–Trinajstić information content (AvgIpc) is 2.70. The zero-order valence-corrected chi connectivity index (χ0v) is 13.9. The summed E-state index contributed by atoms with van der Waals surface area (Å²) in [6.07, 6.45) is 3.58. The van der Waals surface area contributed by atoms with Crippen molar-refractivity contribution in [3.8, 4) is 0 Å². The summed E-state index contributed by atoms with van der Waals surface area (Å²) in [6, 6.07) is 25.8. The molecule has 0 saturated carbocycles. The molecule has 26 heavy (non-hydrogen) atoms. The van der Waals surface area contributed by atoms with E-state index in [1.54, 1.807) is 18.3 Å². The van der Waals surface area contributed by atoms with Gasteiger partial charge in [0.05, 0.1) is 10.6 Å². The van der Waals surface area contributed by atoms with Gasteiger partial charge < -0.3 is 5.32 Å². The smallest absolute Gasteiger partial charge is 0.269 e. The molecule has 0 unspecified atom stereocenters. The van der Waals surface area contributed by atoms with Crippen LogP contribution in [0.15, 0.2) is 96.1 Å². The van der Waals surface area contributed by atoms with Crippen LogP contribution >= 0.6 is 0 Å². The quantitative estimate of drug-likeness (QED) is 0.367. The number of nitrogens with one attached hydrogen (secondary N) is 1. The number of hydrogen-bond acceptors (Lipinski definition) is 4. The summed E-state index contributed by atoms with van der Waals surface area (Å²) in [5.41, 5.74) is 3.48. The van der Waals surface area contributed by atoms with Gasteiger partial charge in [-0.2, -0.15) is 0 Å². The molecule has 3 rings (SSSR count). The van der Waals surface area contributed by atoms with Gasteiger partial charge in [0, 0.05) is 35.8 Å². The fourth-order valence-corrected chi connectivity index (χ4v) is 2.32. The molecule has 0 aromatic heterocycles. The van der Waals surface area contributed by atoms with Crippen molar-refractivity contribution in [2.24, 2.45) is 4.99 Å². The largest absolute Gasteiger partial charge is 0.361 e. The number of benzene rings is 3. The lowest BCUT2D eigenvalue weighted by atomic mass is 10.1. The fourth-order valence-electron chi connectivity index (χ4n) is 2.32. The molecule has 0 radical (unpaired) electrons. The van der Waals surface area contributed by atoms with Crippen LogP contribution in [-0.4, -0.2) is 11.1 Å². The summed E-state index contributed by atoms with van der Waals surface area (Å²) in [6.45, 7) is 0. The Hall–Kier alpha value is -3.73. The minimum absolute atomic E-state index is 0.0594. The Kier molecular flexibility index (Phi) is 5.52. The van der Waals surface area contributed by atoms with E-state index in [4.69, 9.17) is 0 Å². The molecule has 0 fully saturated rings. The van der Waals surface area contributed by atoms with Crippen molar-refractivity contribution < 1.29 is 4.92 Å². The Balaban J connectivity index is 1.90. The number of rotatable bonds is 6. The monoisotopic (exact) mass is 343 g/mol. The standard InChI is InChI=1S/C21H17N3O2/c25-24(26)21-13-11-17(12-14-21)18(15-22-19-7-3-1-4-8-19)16-23-20-9-5-2-6-10-20/h1-16,22H/b18-15+,23-16?. The van der Waals surface area contributed by atoms with E-state index in [0.717, 1.165) is 22.5 Å². The third-order valence-corrected chi connectivity index (χ3v) is 3.69. The first-order chi connectivity index (χ1) is 12.7. The molecule has 0 aliphatic carbocycles. The SMILES string of the molecule is O=[N+]([O-])c1ccc(/C(C=Nc2ccccc2)=C/Nc2ccccc2)cc1. The second kappa shape index (κ2) is 8.39. The average molecular weight is 343 g/mol. The highest BCUT2D eigenvalue weighted by Gasteiger charge is 2.06. The van der Waals surface area contributed by atoms with Crippen molar-refractivity contribution in [2.75, 3.05) is 5.32 Å². The molecule has 0 bridgehead atoms. The van der Waals surface area contributed by atoms with Crippen molar-refractivity contribution in [1.29, 1.82) is 0 Å². The number of para-hydroxylation sites is 2. The molecule has 0 spiro atoms. The fraction of sp³-hybridized carbons (Fsp3) is 0. The van der Waals surface area contributed by atoms with Crippen LogP contribution in [0.2, 0.25) is 0 Å². The maximum atomic E-state index is 10.9. The van der Waals surface area contributed by atoms with E-state index in [0.29, 0.717) is 0 Å². The Morgan fingerprint density at radius 2 is 1.50 bits per heavy atom. The number of anilines is 1. The number of hydrogen-bond donors (Lipinski definition) is 1. The van der Waals surface area contributed by atoms with E-state index < -0.39 is 4.92 Å². The van der Waals surface area contributed by atoms with Crippen molar-refractivity contribution in [2.45, 2.75) is 0 Å². The van der Waals surface area contributed by atoms with Gasteiger partial charge in [-0.3, -0.25) is 15.1 Å². The van der Waals surface area contributed by atoms with E-state index in [2.05, 4.69) is 10.3 Å². The first-order valence-electron chi connectivity index (χ1n) is 8.08. The zero-order chi connectivity index (χ0) is 18.2. The van der Waals surface area contributed by atoms with Crippen LogP contribution < -0.4 is 5.32 Å². The molecule has 5 nitrogen and oxygen atoms in total. The number of nitro benzene ring substituents is 1. The van der Waals surface area contributed by atoms with E-state index in [-0.39, 0.29) is 5.69 Å². The van der Waals surface area contributed by atoms with Gasteiger partial charge in [0.1, 0.15) is 0 Å². The molecule has 0 aliphatic rings. The third-order valence-electron chi connectivity index (χ3n) is 3.69. The van der Waals surface area contributed by atoms with Crippen LogP contribution in [0.4, 0.5) is 17.1 Å². The third kappa shape index (κ3) is 4.64. The van der Waals surface area contributed by atoms with Crippen LogP contribution in [0, 0.1) is 10.1 Å². The van der Waals surface area contributed by atoms with E-state index in [1.807, 2.05) is 66.9 Å². The van der Waals surface area contributed by atoms with Gasteiger partial charge >= 0.3 is 0 Å². The van der Waals surface area contributed by atoms with Crippen molar-refractivity contribution in [1.82, 2.24) is 0 Å². The van der Waals surface area contributed by atoms with Crippen molar-refractivity contribution in [3.05, 3.63) is 107 Å². The summed E-state index contributed by atoms with van der Waals surface area (Å²) < 4.78 is 0. The summed E-state index contributed by atoms with van der Waals surface area (Å²) in [4.78, 5) is 14.9. The molecule has 0 amide bonds. The van der Waals surface area contributed by atoms with Crippen LogP contribution in [0.1, 0.15) is 5.56 Å². The number of nitrogens with zero attached hydrogens (tertiary/aromatic N) is 2. The van der Waals surface area contributed by atoms with Gasteiger partial charge in [0.25, 0.3) is 5.69 Å². The summed E-state index contributed by atoms with van der Waals surface area (Å²) in [7, 11) is 0. The minimum atomic E-state index is -0.409. The molecular formula is C21H17N3O2. The molecular weight excluding hydrogens is 326 g/mol. The van der Waals surface area contributed by atoms with Gasteiger partial charge in [-0.15, -0.1) is 0 Å². The maximum absolute atomic E-state index is 10.9. The molecule has 0 saturated heterocycles. The second-order valence-corrected chi connectivity index (χ2v) is 5.51. The zero-order valence-electron chi connectivity index (χ0n) is 13.9. The normalized spacial score (nSPS) is 11.5. The van der Waals surface area contributed by atoms with Gasteiger partial charge in [-0.25, -0.2) is 0 Å². The highest BCUT2D eigenvalue weighted by atomic mass is 16.6. The molecule has 0 atom stereocenters. The van der Waals surface area contributed by atoms with Crippen LogP contribution in [-0.2, 0) is 0 Å². The van der Waals surface area contributed by atoms with Crippen LogP contribution in [0.3, 0.4) is 0 Å². The highest BCUT2D eigenvalue weighted by molar-refractivity contribution is 6.11. The predicted molar refractivity (Wildman–Crippen MR) is 106 cm³/mol. The Labute approximate surface area is 151 Å². The summed E-state index contributed by atoms with van der Waals surface area (Å²) >= 11 is 0. The highest BCUT2D eigenvalue weighted by Crippen LogP contribution is 2.20. The number of allylic oxidation sites excluding steroid dienone is 1. The number of nitro groups is 1. The molecule has 1 N–H and O–H groups in total. The lowest BCUT2D eigenvalue weighted by Crippen LogP contribution is -1.94.